The van der Waals surface area contributed by atoms with Gasteiger partial charge in [-0.25, -0.2) is 13.4 Å². The summed E-state index contributed by atoms with van der Waals surface area (Å²) in [6.07, 6.45) is 7.97. The van der Waals surface area contributed by atoms with Gasteiger partial charge in [-0.05, 0) is 49.1 Å². The molecule has 2 heterocycles. The first-order chi connectivity index (χ1) is 15.9. The van der Waals surface area contributed by atoms with Crippen molar-refractivity contribution in [1.29, 1.82) is 0 Å². The molecule has 4 rings (SSSR count). The predicted octanol–water partition coefficient (Wildman–Crippen LogP) is 3.76. The third-order valence-corrected chi connectivity index (χ3v) is 7.54. The molecular formula is C25H28N4O3S. The lowest BCUT2D eigenvalue weighted by atomic mass is 9.96. The molecule has 172 valence electrons. The molecule has 1 aliphatic heterocycles. The van der Waals surface area contributed by atoms with Gasteiger partial charge in [-0.1, -0.05) is 42.5 Å². The summed E-state index contributed by atoms with van der Waals surface area (Å²) >= 11 is 0. The summed E-state index contributed by atoms with van der Waals surface area (Å²) in [5.41, 5.74) is 2.85. The van der Waals surface area contributed by atoms with E-state index in [4.69, 9.17) is 0 Å². The van der Waals surface area contributed by atoms with E-state index in [1.807, 2.05) is 72.3 Å². The molecule has 33 heavy (non-hydrogen) atoms. The highest BCUT2D eigenvalue weighted by atomic mass is 32.2. The Labute approximate surface area is 194 Å². The van der Waals surface area contributed by atoms with E-state index in [9.17, 15) is 13.2 Å². The van der Waals surface area contributed by atoms with E-state index in [1.54, 1.807) is 18.6 Å². The number of piperidine rings is 1. The van der Waals surface area contributed by atoms with Crippen LogP contribution in [0.2, 0.25) is 0 Å². The van der Waals surface area contributed by atoms with Crippen LogP contribution in [-0.2, 0) is 14.8 Å². The Hall–Kier alpha value is -3.23. The fourth-order valence-corrected chi connectivity index (χ4v) is 5.17. The quantitative estimate of drug-likeness (QED) is 0.577. The van der Waals surface area contributed by atoms with Gasteiger partial charge in [-0.2, -0.15) is 4.31 Å². The van der Waals surface area contributed by atoms with Gasteiger partial charge in [0.05, 0.1) is 12.4 Å². The van der Waals surface area contributed by atoms with Gasteiger partial charge in [-0.15, -0.1) is 0 Å². The second-order valence-corrected chi connectivity index (χ2v) is 10.0. The number of imidazole rings is 1. The minimum atomic E-state index is -3.50. The number of sulfonamides is 1. The summed E-state index contributed by atoms with van der Waals surface area (Å²) in [6.45, 7) is 2.64. The van der Waals surface area contributed by atoms with E-state index < -0.39 is 10.0 Å². The first-order valence-electron chi connectivity index (χ1n) is 11.0. The molecule has 0 aliphatic carbocycles. The molecule has 0 saturated carbocycles. The van der Waals surface area contributed by atoms with Crippen molar-refractivity contribution < 1.29 is 13.2 Å². The van der Waals surface area contributed by atoms with Gasteiger partial charge in [0.15, 0.2) is 0 Å². The normalized spacial score (nSPS) is 16.6. The van der Waals surface area contributed by atoms with Gasteiger partial charge < -0.3 is 9.88 Å². The third-order valence-electron chi connectivity index (χ3n) is 5.97. The Balaban J connectivity index is 1.29. The van der Waals surface area contributed by atoms with Crippen molar-refractivity contribution in [2.75, 3.05) is 13.1 Å². The number of aromatic nitrogens is 2. The Morgan fingerprint density at radius 3 is 2.42 bits per heavy atom. The van der Waals surface area contributed by atoms with Gasteiger partial charge in [0, 0.05) is 42.5 Å². The maximum atomic E-state index is 12.8. The lowest BCUT2D eigenvalue weighted by molar-refractivity contribution is -0.126. The molecule has 7 nitrogen and oxygen atoms in total. The van der Waals surface area contributed by atoms with Crippen LogP contribution in [0.4, 0.5) is 0 Å². The van der Waals surface area contributed by atoms with E-state index >= 15 is 0 Å². The number of hydrogen-bond donors (Lipinski definition) is 1. The molecule has 1 fully saturated rings. The molecule has 3 aromatic rings. The highest BCUT2D eigenvalue weighted by Crippen LogP contribution is 2.23. The van der Waals surface area contributed by atoms with E-state index in [2.05, 4.69) is 10.3 Å². The van der Waals surface area contributed by atoms with Crippen LogP contribution in [0.15, 0.2) is 78.7 Å². The van der Waals surface area contributed by atoms with Crippen LogP contribution in [0.1, 0.15) is 36.9 Å². The first kappa shape index (κ1) is 22.9. The van der Waals surface area contributed by atoms with Gasteiger partial charge in [0.2, 0.25) is 15.9 Å². The molecule has 1 amide bonds. The van der Waals surface area contributed by atoms with E-state index in [-0.39, 0.29) is 17.9 Å². The first-order valence-corrected chi connectivity index (χ1v) is 12.5. The Morgan fingerprint density at radius 2 is 1.79 bits per heavy atom. The molecule has 1 aromatic heterocycles. The second-order valence-electron chi connectivity index (χ2n) is 8.22. The summed E-state index contributed by atoms with van der Waals surface area (Å²) in [6, 6.07) is 17.2. The minimum Gasteiger partial charge on any atom is -0.349 e. The monoisotopic (exact) mass is 464 g/mol. The zero-order valence-corrected chi connectivity index (χ0v) is 19.4. The van der Waals surface area contributed by atoms with Crippen LogP contribution in [0.3, 0.4) is 0 Å². The minimum absolute atomic E-state index is 0.0296. The van der Waals surface area contributed by atoms with Crippen molar-refractivity contribution in [2.24, 2.45) is 5.92 Å². The molecule has 1 atom stereocenters. The number of nitrogens with one attached hydrogen (secondary N) is 1. The number of hydrogen-bond acceptors (Lipinski definition) is 4. The number of benzene rings is 2. The standard InChI is InChI=1S/C25H28N4O3S/c1-20(22-7-9-24(10-8-22)28-17-14-26-19-28)27-25(30)23-11-15-29(16-12-23)33(31,32)18-13-21-5-3-2-4-6-21/h2-10,13-14,17-20,23H,11-12,15-16H2,1H3,(H,27,30)/b18-13+/t20-/m0/s1. The van der Waals surface area contributed by atoms with Crippen LogP contribution in [0, 0.1) is 5.92 Å². The molecular weight excluding hydrogens is 436 g/mol. The summed E-state index contributed by atoms with van der Waals surface area (Å²) in [5.74, 6) is -0.222. The van der Waals surface area contributed by atoms with E-state index in [1.165, 1.54) is 9.71 Å². The lowest BCUT2D eigenvalue weighted by Crippen LogP contribution is -2.42. The van der Waals surface area contributed by atoms with Crippen LogP contribution in [0.25, 0.3) is 11.8 Å². The maximum Gasteiger partial charge on any atom is 0.236 e. The fourth-order valence-electron chi connectivity index (χ4n) is 3.95. The van der Waals surface area contributed by atoms with Gasteiger partial charge in [0.1, 0.15) is 0 Å². The number of nitrogens with zero attached hydrogens (tertiary/aromatic N) is 3. The topological polar surface area (TPSA) is 84.3 Å². The highest BCUT2D eigenvalue weighted by Gasteiger charge is 2.30. The zero-order chi connectivity index (χ0) is 23.3. The van der Waals surface area contributed by atoms with Crippen LogP contribution in [-0.4, -0.2) is 41.3 Å². The second kappa shape index (κ2) is 10.1. The SMILES string of the molecule is C[C@H](NC(=O)C1CCN(S(=O)(=O)/C=C/c2ccccc2)CC1)c1ccc(-n2ccnc2)cc1. The molecule has 1 N–H and O–H groups in total. The van der Waals surface area contributed by atoms with Crippen molar-refractivity contribution in [3.8, 4) is 5.69 Å². The zero-order valence-electron chi connectivity index (χ0n) is 18.5. The lowest BCUT2D eigenvalue weighted by Gasteiger charge is -2.30. The van der Waals surface area contributed by atoms with Crippen molar-refractivity contribution in [1.82, 2.24) is 19.2 Å². The van der Waals surface area contributed by atoms with Gasteiger partial charge >= 0.3 is 0 Å². The summed E-state index contributed by atoms with van der Waals surface area (Å²) < 4.78 is 28.7. The predicted molar refractivity (Wildman–Crippen MR) is 129 cm³/mol. The maximum absolute atomic E-state index is 12.8. The largest absolute Gasteiger partial charge is 0.349 e. The van der Waals surface area contributed by atoms with Gasteiger partial charge in [-0.3, -0.25) is 4.79 Å². The molecule has 0 spiro atoms. The fraction of sp³-hybridized carbons (Fsp3) is 0.280. The van der Waals surface area contributed by atoms with Crippen molar-refractivity contribution in [2.45, 2.75) is 25.8 Å². The van der Waals surface area contributed by atoms with Crippen LogP contribution in [0.5, 0.6) is 0 Å². The number of rotatable bonds is 7. The Kier molecular flexibility index (Phi) is 7.05. The molecule has 0 radical (unpaired) electrons. The van der Waals surface area contributed by atoms with Crippen molar-refractivity contribution >= 4 is 22.0 Å². The summed E-state index contributed by atoms with van der Waals surface area (Å²) in [7, 11) is -3.50. The van der Waals surface area contributed by atoms with Crippen LogP contribution >= 0.6 is 0 Å². The molecule has 1 aliphatic rings. The summed E-state index contributed by atoms with van der Waals surface area (Å²) in [5, 5.41) is 4.33. The number of amides is 1. The molecule has 8 heteroatoms. The molecule has 2 aromatic carbocycles. The van der Waals surface area contributed by atoms with E-state index in [0.717, 1.165) is 16.8 Å². The van der Waals surface area contributed by atoms with E-state index in [0.29, 0.717) is 25.9 Å². The molecule has 0 bridgehead atoms. The number of carbonyl (C=O) groups excluding carboxylic acids is 1. The smallest absolute Gasteiger partial charge is 0.236 e. The van der Waals surface area contributed by atoms with Crippen molar-refractivity contribution in [3.05, 3.63) is 89.9 Å². The third kappa shape index (κ3) is 5.77. The average molecular weight is 465 g/mol. The molecule has 1 saturated heterocycles. The Bertz CT molecular complexity index is 1180. The average Bonchev–Trinajstić information content (AvgIpc) is 3.39. The van der Waals surface area contributed by atoms with Crippen molar-refractivity contribution in [3.63, 3.8) is 0 Å². The summed E-state index contributed by atoms with van der Waals surface area (Å²) in [4.78, 5) is 16.9. The van der Waals surface area contributed by atoms with Gasteiger partial charge in [0.25, 0.3) is 0 Å². The molecule has 0 unspecified atom stereocenters. The highest BCUT2D eigenvalue weighted by molar-refractivity contribution is 7.92. The Morgan fingerprint density at radius 1 is 1.09 bits per heavy atom. The van der Waals surface area contributed by atoms with Crippen LogP contribution < -0.4 is 5.32 Å². The number of carbonyl (C=O) groups is 1.